The maximum Gasteiger partial charge on any atom is 0.392 e. The Morgan fingerprint density at radius 1 is 1.22 bits per heavy atom. The quantitative estimate of drug-likeness (QED) is 0.609. The Morgan fingerprint density at radius 2 is 2.00 bits per heavy atom. The fourth-order valence-electron chi connectivity index (χ4n) is 3.77. The molecule has 2 atom stereocenters. The summed E-state index contributed by atoms with van der Waals surface area (Å²) in [6.07, 6.45) is -1.08. The third-order valence-corrected chi connectivity index (χ3v) is 5.88. The third-order valence-electron chi connectivity index (χ3n) is 5.12. The number of H-pyrrole nitrogens is 1. The summed E-state index contributed by atoms with van der Waals surface area (Å²) < 4.78 is 39.7. The van der Waals surface area contributed by atoms with Gasteiger partial charge in [0, 0.05) is 34.0 Å². The highest BCUT2D eigenvalue weighted by Gasteiger charge is 2.48. The van der Waals surface area contributed by atoms with E-state index >= 15 is 0 Å². The number of halogens is 3. The number of nitrogens with zero attached hydrogens (tertiary/aromatic N) is 1. The Hall–Kier alpha value is -2.35. The minimum atomic E-state index is -4.35. The summed E-state index contributed by atoms with van der Waals surface area (Å²) in [5, 5.41) is 5.73. The van der Waals surface area contributed by atoms with Crippen molar-refractivity contribution in [3.63, 3.8) is 0 Å². The molecule has 3 aromatic rings. The fraction of sp³-hybridized carbons (Fsp3) is 0.368. The van der Waals surface area contributed by atoms with Gasteiger partial charge in [-0.05, 0) is 18.9 Å². The van der Waals surface area contributed by atoms with Crippen molar-refractivity contribution in [2.45, 2.75) is 31.9 Å². The third kappa shape index (κ3) is 3.58. The Balaban J connectivity index is 1.53. The van der Waals surface area contributed by atoms with Crippen LogP contribution in [0.25, 0.3) is 22.2 Å². The molecule has 0 saturated heterocycles. The topological polar surface area (TPSA) is 57.8 Å². The van der Waals surface area contributed by atoms with Crippen LogP contribution in [0.3, 0.4) is 0 Å². The summed E-state index contributed by atoms with van der Waals surface area (Å²) in [4.78, 5) is 20.1. The Morgan fingerprint density at radius 3 is 2.81 bits per heavy atom. The minimum Gasteiger partial charge on any atom is -0.360 e. The SMILES string of the molecule is O=C(Nc1nc(-c2c[nH]c3ccccc23)cs1)[C@H]1CCCC[C@@H]1C(F)(F)F. The number of benzene rings is 1. The molecule has 2 heterocycles. The number of nitrogens with one attached hydrogen (secondary N) is 2. The molecule has 8 heteroatoms. The molecule has 4 nitrogen and oxygen atoms in total. The van der Waals surface area contributed by atoms with E-state index in [-0.39, 0.29) is 12.8 Å². The summed E-state index contributed by atoms with van der Waals surface area (Å²) in [6, 6.07) is 7.77. The van der Waals surface area contributed by atoms with Gasteiger partial charge in [-0.2, -0.15) is 13.2 Å². The lowest BCUT2D eigenvalue weighted by Crippen LogP contribution is -2.39. The highest BCUT2D eigenvalue weighted by Crippen LogP contribution is 2.42. The standard InChI is InChI=1S/C19H18F3N3OS/c20-19(21,22)14-7-3-1-6-12(14)17(26)25-18-24-16(10-27-18)13-9-23-15-8-4-2-5-11(13)15/h2,4-5,8-10,12,14,23H,1,3,6-7H2,(H,24,25,26)/t12-,14-/m0/s1. The number of alkyl halides is 3. The van der Waals surface area contributed by atoms with Gasteiger partial charge in [0.15, 0.2) is 5.13 Å². The second-order valence-electron chi connectivity index (χ2n) is 6.81. The van der Waals surface area contributed by atoms with E-state index in [9.17, 15) is 18.0 Å². The van der Waals surface area contributed by atoms with Crippen LogP contribution < -0.4 is 5.32 Å². The molecule has 0 aliphatic heterocycles. The molecule has 1 fully saturated rings. The number of hydrogen-bond acceptors (Lipinski definition) is 3. The van der Waals surface area contributed by atoms with Gasteiger partial charge in [0.2, 0.25) is 5.91 Å². The zero-order valence-corrected chi connectivity index (χ0v) is 15.2. The second kappa shape index (κ2) is 6.99. The molecular formula is C19H18F3N3OS. The Kier molecular flexibility index (Phi) is 4.67. The van der Waals surface area contributed by atoms with E-state index in [1.54, 1.807) is 5.38 Å². The first-order valence-corrected chi connectivity index (χ1v) is 9.71. The lowest BCUT2D eigenvalue weighted by Gasteiger charge is -2.31. The molecule has 1 amide bonds. The van der Waals surface area contributed by atoms with E-state index < -0.39 is 23.9 Å². The van der Waals surface area contributed by atoms with Gasteiger partial charge in [-0.25, -0.2) is 4.98 Å². The number of aromatic amines is 1. The highest BCUT2D eigenvalue weighted by molar-refractivity contribution is 7.14. The van der Waals surface area contributed by atoms with E-state index in [2.05, 4.69) is 15.3 Å². The first-order valence-electron chi connectivity index (χ1n) is 8.83. The van der Waals surface area contributed by atoms with Crippen LogP contribution in [0.2, 0.25) is 0 Å². The predicted molar refractivity (Wildman–Crippen MR) is 99.5 cm³/mol. The van der Waals surface area contributed by atoms with Crippen LogP contribution in [0.5, 0.6) is 0 Å². The lowest BCUT2D eigenvalue weighted by atomic mass is 9.78. The van der Waals surface area contributed by atoms with Crippen LogP contribution in [0.4, 0.5) is 18.3 Å². The summed E-state index contributed by atoms with van der Waals surface area (Å²) >= 11 is 1.22. The number of hydrogen-bond donors (Lipinski definition) is 2. The average molecular weight is 393 g/mol. The number of carbonyl (C=O) groups is 1. The number of rotatable bonds is 3. The molecule has 2 aromatic heterocycles. The van der Waals surface area contributed by atoms with E-state index in [4.69, 9.17) is 0 Å². The number of anilines is 1. The van der Waals surface area contributed by atoms with Gasteiger partial charge in [0.05, 0.1) is 11.6 Å². The normalized spacial score (nSPS) is 20.7. The molecule has 4 rings (SSSR count). The number of para-hydroxylation sites is 1. The first kappa shape index (κ1) is 18.0. The van der Waals surface area contributed by atoms with Gasteiger partial charge in [-0.15, -0.1) is 11.3 Å². The van der Waals surface area contributed by atoms with Crippen molar-refractivity contribution < 1.29 is 18.0 Å². The molecule has 27 heavy (non-hydrogen) atoms. The van der Waals surface area contributed by atoms with Crippen molar-refractivity contribution in [3.8, 4) is 11.3 Å². The van der Waals surface area contributed by atoms with E-state index in [0.717, 1.165) is 16.5 Å². The van der Waals surface area contributed by atoms with Crippen molar-refractivity contribution in [3.05, 3.63) is 35.8 Å². The number of thiazole rings is 1. The highest BCUT2D eigenvalue weighted by atomic mass is 32.1. The molecule has 0 radical (unpaired) electrons. The van der Waals surface area contributed by atoms with Gasteiger partial charge in [-0.3, -0.25) is 4.79 Å². The van der Waals surface area contributed by atoms with Crippen molar-refractivity contribution in [1.29, 1.82) is 0 Å². The number of amides is 1. The molecule has 1 aliphatic carbocycles. The molecule has 1 aromatic carbocycles. The number of carbonyl (C=O) groups excluding carboxylic acids is 1. The fourth-order valence-corrected chi connectivity index (χ4v) is 4.49. The lowest BCUT2D eigenvalue weighted by molar-refractivity contribution is -0.197. The van der Waals surface area contributed by atoms with Gasteiger partial charge < -0.3 is 10.3 Å². The molecule has 0 unspecified atom stereocenters. The Labute approximate surface area is 157 Å². The summed E-state index contributed by atoms with van der Waals surface area (Å²) in [5.74, 6) is -3.20. The molecule has 142 valence electrons. The van der Waals surface area contributed by atoms with E-state index in [0.29, 0.717) is 23.7 Å². The minimum absolute atomic E-state index is 0.0139. The summed E-state index contributed by atoms with van der Waals surface area (Å²) in [6.45, 7) is 0. The van der Waals surface area contributed by atoms with Crippen molar-refractivity contribution in [1.82, 2.24) is 9.97 Å². The van der Waals surface area contributed by atoms with Gasteiger partial charge in [-0.1, -0.05) is 31.0 Å². The second-order valence-corrected chi connectivity index (χ2v) is 7.67. The van der Waals surface area contributed by atoms with Gasteiger partial charge >= 0.3 is 6.18 Å². The molecule has 2 N–H and O–H groups in total. The molecule has 0 bridgehead atoms. The maximum absolute atomic E-state index is 13.2. The number of aromatic nitrogens is 2. The van der Waals surface area contributed by atoms with Crippen LogP contribution in [-0.4, -0.2) is 22.1 Å². The van der Waals surface area contributed by atoms with Crippen LogP contribution in [-0.2, 0) is 4.79 Å². The van der Waals surface area contributed by atoms with E-state index in [1.165, 1.54) is 11.3 Å². The van der Waals surface area contributed by atoms with Crippen LogP contribution in [0.1, 0.15) is 25.7 Å². The molecule has 1 aliphatic rings. The molecule has 0 spiro atoms. The predicted octanol–water partition coefficient (Wildman–Crippen LogP) is 5.60. The Bertz CT molecular complexity index is 962. The van der Waals surface area contributed by atoms with Crippen molar-refractivity contribution in [2.75, 3.05) is 5.32 Å². The maximum atomic E-state index is 13.2. The number of fused-ring (bicyclic) bond motifs is 1. The molecular weight excluding hydrogens is 375 g/mol. The summed E-state index contributed by atoms with van der Waals surface area (Å²) in [5.41, 5.74) is 2.55. The zero-order chi connectivity index (χ0) is 19.0. The van der Waals surface area contributed by atoms with Gasteiger partial charge in [0.1, 0.15) is 0 Å². The van der Waals surface area contributed by atoms with Crippen LogP contribution in [0, 0.1) is 11.8 Å². The monoisotopic (exact) mass is 393 g/mol. The average Bonchev–Trinajstić information content (AvgIpc) is 3.27. The first-order chi connectivity index (χ1) is 12.9. The summed E-state index contributed by atoms with van der Waals surface area (Å²) in [7, 11) is 0. The van der Waals surface area contributed by atoms with Gasteiger partial charge in [0.25, 0.3) is 0 Å². The van der Waals surface area contributed by atoms with Crippen LogP contribution >= 0.6 is 11.3 Å². The molecule has 1 saturated carbocycles. The smallest absolute Gasteiger partial charge is 0.360 e. The van der Waals surface area contributed by atoms with Crippen molar-refractivity contribution >= 4 is 33.3 Å². The zero-order valence-electron chi connectivity index (χ0n) is 14.3. The van der Waals surface area contributed by atoms with Crippen LogP contribution in [0.15, 0.2) is 35.8 Å². The van der Waals surface area contributed by atoms with E-state index in [1.807, 2.05) is 30.5 Å². The largest absolute Gasteiger partial charge is 0.392 e. The van der Waals surface area contributed by atoms with Crippen molar-refractivity contribution in [2.24, 2.45) is 11.8 Å².